The molecule has 2 rings (SSSR count). The van der Waals surface area contributed by atoms with Crippen molar-refractivity contribution in [3.63, 3.8) is 0 Å². The van der Waals surface area contributed by atoms with Gasteiger partial charge >= 0.3 is 6.36 Å². The van der Waals surface area contributed by atoms with Crippen molar-refractivity contribution < 1.29 is 22.3 Å². The summed E-state index contributed by atoms with van der Waals surface area (Å²) in [5, 5.41) is 0. The number of hydrogen-bond donors (Lipinski definition) is 1. The fraction of sp³-hybridized carbons (Fsp3) is 0.143. The molecular formula is C14H11F4NO. The predicted octanol–water partition coefficient (Wildman–Crippen LogP) is 4.28. The summed E-state index contributed by atoms with van der Waals surface area (Å²) in [7, 11) is 0. The van der Waals surface area contributed by atoms with Crippen molar-refractivity contribution in [3.05, 3.63) is 47.8 Å². The Hall–Kier alpha value is -2.24. The summed E-state index contributed by atoms with van der Waals surface area (Å²) in [5.74, 6) is -0.932. The Morgan fingerprint density at radius 1 is 1.00 bits per heavy atom. The second-order valence-electron chi connectivity index (χ2n) is 4.28. The lowest BCUT2D eigenvalue weighted by Gasteiger charge is -2.12. The summed E-state index contributed by atoms with van der Waals surface area (Å²) in [6.07, 6.45) is -4.79. The summed E-state index contributed by atoms with van der Waals surface area (Å²) < 4.78 is 53.8. The molecule has 0 spiro atoms. The maximum atomic E-state index is 13.7. The van der Waals surface area contributed by atoms with Crippen molar-refractivity contribution in [2.45, 2.75) is 13.3 Å². The fourth-order valence-corrected chi connectivity index (χ4v) is 1.83. The van der Waals surface area contributed by atoms with E-state index in [1.165, 1.54) is 12.1 Å². The lowest BCUT2D eigenvalue weighted by atomic mass is 10.0. The summed E-state index contributed by atoms with van der Waals surface area (Å²) in [6, 6.07) is 7.87. The second-order valence-corrected chi connectivity index (χ2v) is 4.28. The summed E-state index contributed by atoms with van der Waals surface area (Å²) in [5.41, 5.74) is 7.06. The fourth-order valence-electron chi connectivity index (χ4n) is 1.83. The lowest BCUT2D eigenvalue weighted by molar-refractivity contribution is -0.274. The highest BCUT2D eigenvalue weighted by molar-refractivity contribution is 5.78. The number of nitrogen functional groups attached to an aromatic ring is 1. The van der Waals surface area contributed by atoms with Crippen molar-refractivity contribution in [2.24, 2.45) is 0 Å². The first-order chi connectivity index (χ1) is 9.26. The molecule has 2 N–H and O–H groups in total. The van der Waals surface area contributed by atoms with Gasteiger partial charge in [-0.15, -0.1) is 13.2 Å². The first kappa shape index (κ1) is 14.2. The van der Waals surface area contributed by atoms with Crippen LogP contribution in [-0.4, -0.2) is 6.36 Å². The van der Waals surface area contributed by atoms with Crippen LogP contribution in [-0.2, 0) is 0 Å². The van der Waals surface area contributed by atoms with E-state index in [1.54, 1.807) is 19.1 Å². The van der Waals surface area contributed by atoms with Crippen LogP contribution < -0.4 is 10.5 Å². The minimum Gasteiger partial charge on any atom is -0.406 e. The van der Waals surface area contributed by atoms with Gasteiger partial charge in [0.2, 0.25) is 0 Å². The van der Waals surface area contributed by atoms with Crippen LogP contribution in [0.3, 0.4) is 0 Å². The molecule has 0 aliphatic carbocycles. The first-order valence-corrected chi connectivity index (χ1v) is 5.68. The van der Waals surface area contributed by atoms with Gasteiger partial charge in [-0.3, -0.25) is 0 Å². The summed E-state index contributed by atoms with van der Waals surface area (Å²) in [6.45, 7) is 1.78. The number of hydrogen-bond acceptors (Lipinski definition) is 2. The van der Waals surface area contributed by atoms with Crippen molar-refractivity contribution in [1.82, 2.24) is 0 Å². The smallest absolute Gasteiger partial charge is 0.406 e. The molecule has 0 unspecified atom stereocenters. The molecular weight excluding hydrogens is 274 g/mol. The average molecular weight is 285 g/mol. The van der Waals surface area contributed by atoms with Crippen LogP contribution in [0, 0.1) is 12.7 Å². The van der Waals surface area contributed by atoms with Crippen LogP contribution in [0.2, 0.25) is 0 Å². The molecule has 0 amide bonds. The zero-order valence-electron chi connectivity index (χ0n) is 10.5. The first-order valence-electron chi connectivity index (χ1n) is 5.68. The quantitative estimate of drug-likeness (QED) is 0.660. The Labute approximate surface area is 112 Å². The molecule has 106 valence electrons. The van der Waals surface area contributed by atoms with Crippen molar-refractivity contribution >= 4 is 5.69 Å². The van der Waals surface area contributed by atoms with Crippen LogP contribution in [0.5, 0.6) is 5.75 Å². The van der Waals surface area contributed by atoms with E-state index in [4.69, 9.17) is 5.73 Å². The van der Waals surface area contributed by atoms with Gasteiger partial charge in [0.05, 0.1) is 0 Å². The van der Waals surface area contributed by atoms with Gasteiger partial charge in [-0.25, -0.2) is 4.39 Å². The van der Waals surface area contributed by atoms with Crippen molar-refractivity contribution in [1.29, 1.82) is 0 Å². The molecule has 2 aromatic rings. The number of anilines is 1. The normalized spacial score (nSPS) is 11.4. The van der Waals surface area contributed by atoms with E-state index in [-0.39, 0.29) is 11.3 Å². The molecule has 0 atom stereocenters. The standard InChI is InChI=1S/C14H11F4NO/c1-8-2-5-12(15)11(6-8)10-4-3-9(7-13(10)19)20-14(16,17)18/h2-7H,19H2,1H3. The van der Waals surface area contributed by atoms with E-state index < -0.39 is 17.9 Å². The largest absolute Gasteiger partial charge is 0.573 e. The second kappa shape index (κ2) is 5.03. The van der Waals surface area contributed by atoms with Gasteiger partial charge in [-0.2, -0.15) is 0 Å². The maximum Gasteiger partial charge on any atom is 0.573 e. The van der Waals surface area contributed by atoms with Gasteiger partial charge in [0.1, 0.15) is 11.6 Å². The third-order valence-corrected chi connectivity index (χ3v) is 2.67. The lowest BCUT2D eigenvalue weighted by Crippen LogP contribution is -2.17. The van der Waals surface area contributed by atoms with Gasteiger partial charge in [0.15, 0.2) is 0 Å². The van der Waals surface area contributed by atoms with E-state index in [0.29, 0.717) is 5.56 Å². The molecule has 0 saturated heterocycles. The molecule has 0 aromatic heterocycles. The Bertz CT molecular complexity index is 638. The molecule has 0 radical (unpaired) electrons. The molecule has 0 aliphatic rings. The molecule has 2 aromatic carbocycles. The number of alkyl halides is 3. The molecule has 0 saturated carbocycles. The van der Waals surface area contributed by atoms with E-state index in [2.05, 4.69) is 4.74 Å². The van der Waals surface area contributed by atoms with E-state index in [9.17, 15) is 17.6 Å². The molecule has 6 heteroatoms. The number of rotatable bonds is 2. The van der Waals surface area contributed by atoms with Crippen LogP contribution in [0.25, 0.3) is 11.1 Å². The summed E-state index contributed by atoms with van der Waals surface area (Å²) >= 11 is 0. The zero-order chi connectivity index (χ0) is 14.9. The van der Waals surface area contributed by atoms with Crippen molar-refractivity contribution in [2.75, 3.05) is 5.73 Å². The Balaban J connectivity index is 2.42. The van der Waals surface area contributed by atoms with Gasteiger partial charge < -0.3 is 10.5 Å². The van der Waals surface area contributed by atoms with Crippen LogP contribution in [0.15, 0.2) is 36.4 Å². The monoisotopic (exact) mass is 285 g/mol. The highest BCUT2D eigenvalue weighted by Crippen LogP contribution is 2.33. The number of benzene rings is 2. The number of ether oxygens (including phenoxy) is 1. The average Bonchev–Trinajstić information content (AvgIpc) is 2.31. The Morgan fingerprint density at radius 3 is 2.30 bits per heavy atom. The Kier molecular flexibility index (Phi) is 3.57. The van der Waals surface area contributed by atoms with Gasteiger partial charge in [-0.05, 0) is 31.2 Å². The molecule has 0 aliphatic heterocycles. The number of aryl methyl sites for hydroxylation is 1. The van der Waals surface area contributed by atoms with Gasteiger partial charge in [-0.1, -0.05) is 11.6 Å². The third-order valence-electron chi connectivity index (χ3n) is 2.67. The summed E-state index contributed by atoms with van der Waals surface area (Å²) in [4.78, 5) is 0. The number of nitrogens with two attached hydrogens (primary N) is 1. The highest BCUT2D eigenvalue weighted by Gasteiger charge is 2.31. The Morgan fingerprint density at radius 2 is 1.70 bits per heavy atom. The van der Waals surface area contributed by atoms with E-state index in [1.807, 2.05) is 0 Å². The van der Waals surface area contributed by atoms with Crippen LogP contribution in [0.4, 0.5) is 23.2 Å². The van der Waals surface area contributed by atoms with E-state index >= 15 is 0 Å². The number of halogens is 4. The van der Waals surface area contributed by atoms with Crippen LogP contribution >= 0.6 is 0 Å². The topological polar surface area (TPSA) is 35.2 Å². The SMILES string of the molecule is Cc1ccc(F)c(-c2ccc(OC(F)(F)F)cc2N)c1. The van der Waals surface area contributed by atoms with Gasteiger partial charge in [0, 0.05) is 22.9 Å². The minimum atomic E-state index is -4.79. The van der Waals surface area contributed by atoms with Crippen LogP contribution in [0.1, 0.15) is 5.56 Å². The highest BCUT2D eigenvalue weighted by atomic mass is 19.4. The minimum absolute atomic E-state index is 0.0104. The van der Waals surface area contributed by atoms with E-state index in [0.717, 1.165) is 17.7 Å². The zero-order valence-corrected chi connectivity index (χ0v) is 10.5. The molecule has 0 fully saturated rings. The molecule has 20 heavy (non-hydrogen) atoms. The third kappa shape index (κ3) is 3.20. The molecule has 0 heterocycles. The predicted molar refractivity (Wildman–Crippen MR) is 67.7 cm³/mol. The molecule has 0 bridgehead atoms. The molecule has 2 nitrogen and oxygen atoms in total. The van der Waals surface area contributed by atoms with Gasteiger partial charge in [0.25, 0.3) is 0 Å². The maximum absolute atomic E-state index is 13.7. The van der Waals surface area contributed by atoms with Crippen molar-refractivity contribution in [3.8, 4) is 16.9 Å².